The maximum absolute atomic E-state index is 12.0. The van der Waals surface area contributed by atoms with Gasteiger partial charge in [-0.15, -0.1) is 23.2 Å². The van der Waals surface area contributed by atoms with Crippen molar-refractivity contribution in [3.8, 4) is 0 Å². The van der Waals surface area contributed by atoms with Crippen LogP contribution in [-0.2, 0) is 14.3 Å². The maximum Gasteiger partial charge on any atom is 0.315 e. The van der Waals surface area contributed by atoms with Gasteiger partial charge in [0.1, 0.15) is 21.1 Å². The minimum Gasteiger partial charge on any atom is -0.459 e. The summed E-state index contributed by atoms with van der Waals surface area (Å²) in [6, 6.07) is 9.10. The topological polar surface area (TPSA) is 68.5 Å². The Morgan fingerprint density at radius 3 is 2.67 bits per heavy atom. The first-order chi connectivity index (χ1) is 11.2. The first-order valence-electron chi connectivity index (χ1n) is 7.56. The Hall–Kier alpha value is -1.72. The average molecular weight is 370 g/mol. The van der Waals surface area contributed by atoms with Gasteiger partial charge < -0.3 is 14.5 Å². The lowest BCUT2D eigenvalue weighted by molar-refractivity contribution is -0.153. The van der Waals surface area contributed by atoms with Crippen molar-refractivity contribution in [2.24, 2.45) is 5.41 Å². The van der Waals surface area contributed by atoms with Gasteiger partial charge >= 0.3 is 5.97 Å². The first-order valence-corrected chi connectivity index (χ1v) is 8.31. The van der Waals surface area contributed by atoms with Gasteiger partial charge in [-0.1, -0.05) is 18.2 Å². The first kappa shape index (κ1) is 17.1. The van der Waals surface area contributed by atoms with Gasteiger partial charge in [-0.25, -0.2) is 0 Å². The molecule has 1 fully saturated rings. The van der Waals surface area contributed by atoms with E-state index in [9.17, 15) is 9.59 Å². The van der Waals surface area contributed by atoms with Crippen LogP contribution in [0, 0.1) is 5.41 Å². The fourth-order valence-corrected chi connectivity index (χ4v) is 3.17. The Bertz CT molecular complexity index is 768. The molecule has 5 nitrogen and oxygen atoms in total. The smallest absolute Gasteiger partial charge is 0.315 e. The lowest BCUT2D eigenvalue weighted by atomic mass is 10.1. The van der Waals surface area contributed by atoms with Crippen LogP contribution in [0.1, 0.15) is 32.1 Å². The summed E-state index contributed by atoms with van der Waals surface area (Å²) in [6.07, 6.45) is 0.318. The van der Waals surface area contributed by atoms with E-state index in [4.69, 9.17) is 32.4 Å². The van der Waals surface area contributed by atoms with Gasteiger partial charge in [-0.2, -0.15) is 0 Å². The Kier molecular flexibility index (Phi) is 4.26. The molecule has 0 saturated heterocycles. The number of amides is 1. The molecule has 24 heavy (non-hydrogen) atoms. The summed E-state index contributed by atoms with van der Waals surface area (Å²) in [5.41, 5.74) is -0.192. The van der Waals surface area contributed by atoms with Crippen molar-refractivity contribution >= 4 is 46.0 Å². The number of fused-ring (bicyclic) bond motifs is 1. The van der Waals surface area contributed by atoms with Gasteiger partial charge in [-0.05, 0) is 26.0 Å². The second-order valence-corrected chi connectivity index (χ2v) is 7.75. The summed E-state index contributed by atoms with van der Waals surface area (Å²) in [7, 11) is 0. The lowest BCUT2D eigenvalue weighted by Gasteiger charge is -2.14. The molecule has 0 bridgehead atoms. The van der Waals surface area contributed by atoms with Crippen LogP contribution in [0.2, 0.25) is 0 Å². The second kappa shape index (κ2) is 5.97. The zero-order chi connectivity index (χ0) is 17.5. The summed E-state index contributed by atoms with van der Waals surface area (Å²) < 4.78 is 9.59. The molecule has 3 rings (SSSR count). The normalized spacial score (nSPS) is 22.8. The summed E-state index contributed by atoms with van der Waals surface area (Å²) in [5.74, 6) is -0.361. The molecule has 1 aliphatic rings. The van der Waals surface area contributed by atoms with E-state index in [1.165, 1.54) is 0 Å². The SMILES string of the molecule is C[C@H](NC(=O)COC(=O)[C@]1(C)CC1(Cl)Cl)c1cc2ccccc2o1. The van der Waals surface area contributed by atoms with Crippen molar-refractivity contribution in [3.63, 3.8) is 0 Å². The van der Waals surface area contributed by atoms with Crippen LogP contribution in [-0.4, -0.2) is 22.8 Å². The minimum absolute atomic E-state index is 0.318. The molecule has 1 heterocycles. The number of esters is 1. The zero-order valence-corrected chi connectivity index (χ0v) is 14.8. The average Bonchev–Trinajstić information content (AvgIpc) is 2.87. The maximum atomic E-state index is 12.0. The molecule has 1 amide bonds. The predicted octanol–water partition coefficient (Wildman–Crippen LogP) is 3.74. The van der Waals surface area contributed by atoms with Gasteiger partial charge in [0.15, 0.2) is 6.61 Å². The third-order valence-electron chi connectivity index (χ3n) is 4.29. The summed E-state index contributed by atoms with van der Waals surface area (Å²) in [5, 5.41) is 3.69. The van der Waals surface area contributed by atoms with Crippen molar-refractivity contribution in [2.45, 2.75) is 30.6 Å². The molecule has 0 unspecified atom stereocenters. The van der Waals surface area contributed by atoms with Crippen LogP contribution in [0.3, 0.4) is 0 Å². The molecule has 1 aliphatic carbocycles. The number of halogens is 2. The molecular formula is C17H17Cl2NO4. The number of alkyl halides is 2. The molecule has 1 N–H and O–H groups in total. The third kappa shape index (κ3) is 3.10. The van der Waals surface area contributed by atoms with E-state index in [2.05, 4.69) is 5.32 Å². The molecule has 0 aliphatic heterocycles. The van der Waals surface area contributed by atoms with E-state index in [1.807, 2.05) is 30.3 Å². The number of hydrogen-bond acceptors (Lipinski definition) is 4. The van der Waals surface area contributed by atoms with Gasteiger partial charge in [0.2, 0.25) is 0 Å². The van der Waals surface area contributed by atoms with Gasteiger partial charge in [0, 0.05) is 11.8 Å². The monoisotopic (exact) mass is 369 g/mol. The largest absolute Gasteiger partial charge is 0.459 e. The molecule has 128 valence electrons. The van der Waals surface area contributed by atoms with Gasteiger partial charge in [0.25, 0.3) is 5.91 Å². The van der Waals surface area contributed by atoms with Crippen molar-refractivity contribution < 1.29 is 18.7 Å². The van der Waals surface area contributed by atoms with E-state index in [0.29, 0.717) is 12.2 Å². The highest BCUT2D eigenvalue weighted by atomic mass is 35.5. The van der Waals surface area contributed by atoms with Crippen molar-refractivity contribution in [2.75, 3.05) is 6.61 Å². The number of carbonyl (C=O) groups is 2. The zero-order valence-electron chi connectivity index (χ0n) is 13.3. The molecule has 7 heteroatoms. The second-order valence-electron chi connectivity index (χ2n) is 6.27. The number of furan rings is 1. The fraction of sp³-hybridized carbons (Fsp3) is 0.412. The van der Waals surface area contributed by atoms with Crippen LogP contribution in [0.5, 0.6) is 0 Å². The van der Waals surface area contributed by atoms with Crippen LogP contribution >= 0.6 is 23.2 Å². The molecule has 1 aromatic carbocycles. The highest BCUT2D eigenvalue weighted by Gasteiger charge is 2.69. The van der Waals surface area contributed by atoms with Crippen LogP contribution in [0.4, 0.5) is 0 Å². The molecule has 1 aromatic heterocycles. The highest BCUT2D eigenvalue weighted by molar-refractivity contribution is 6.53. The van der Waals surface area contributed by atoms with Crippen LogP contribution in [0.25, 0.3) is 11.0 Å². The number of hydrogen-bond donors (Lipinski definition) is 1. The van der Waals surface area contributed by atoms with E-state index in [-0.39, 0.29) is 12.6 Å². The van der Waals surface area contributed by atoms with Crippen LogP contribution in [0.15, 0.2) is 34.7 Å². The number of ether oxygens (including phenoxy) is 1. The fourth-order valence-electron chi connectivity index (χ4n) is 2.48. The lowest BCUT2D eigenvalue weighted by Crippen LogP contribution is -2.32. The number of carbonyl (C=O) groups excluding carboxylic acids is 2. The minimum atomic E-state index is -1.11. The predicted molar refractivity (Wildman–Crippen MR) is 90.9 cm³/mol. The Balaban J connectivity index is 1.54. The quantitative estimate of drug-likeness (QED) is 0.643. The Morgan fingerprint density at radius 1 is 1.38 bits per heavy atom. The van der Waals surface area contributed by atoms with Crippen molar-refractivity contribution in [3.05, 3.63) is 36.1 Å². The summed E-state index contributed by atoms with van der Waals surface area (Å²) in [6.45, 7) is 3.02. The third-order valence-corrected chi connectivity index (χ3v) is 5.39. The molecular weight excluding hydrogens is 353 g/mol. The molecule has 0 radical (unpaired) electrons. The van der Waals surface area contributed by atoms with E-state index in [0.717, 1.165) is 11.0 Å². The van der Waals surface area contributed by atoms with E-state index < -0.39 is 21.6 Å². The molecule has 2 atom stereocenters. The van der Waals surface area contributed by atoms with Gasteiger partial charge in [-0.3, -0.25) is 9.59 Å². The summed E-state index contributed by atoms with van der Waals surface area (Å²) in [4.78, 5) is 23.9. The van der Waals surface area contributed by atoms with E-state index in [1.54, 1.807) is 13.8 Å². The Labute approximate surface area is 149 Å². The standard InChI is InChI=1S/C17H17Cl2NO4/c1-10(13-7-11-5-3-4-6-12(11)24-13)20-14(21)8-23-15(22)16(2)9-17(16,18)19/h3-7,10H,8-9H2,1-2H3,(H,20,21)/t10-,16-/m0/s1. The van der Waals surface area contributed by atoms with Crippen molar-refractivity contribution in [1.82, 2.24) is 5.32 Å². The van der Waals surface area contributed by atoms with Crippen LogP contribution < -0.4 is 5.32 Å². The van der Waals surface area contributed by atoms with Gasteiger partial charge in [0.05, 0.1) is 6.04 Å². The number of nitrogens with one attached hydrogen (secondary N) is 1. The van der Waals surface area contributed by atoms with E-state index >= 15 is 0 Å². The summed E-state index contributed by atoms with van der Waals surface area (Å²) >= 11 is 11.8. The number of rotatable bonds is 5. The molecule has 2 aromatic rings. The number of benzene rings is 1. The Morgan fingerprint density at radius 2 is 2.04 bits per heavy atom. The molecule has 0 spiro atoms. The number of para-hydroxylation sites is 1. The van der Waals surface area contributed by atoms with Crippen molar-refractivity contribution in [1.29, 1.82) is 0 Å². The molecule has 1 saturated carbocycles. The highest BCUT2D eigenvalue weighted by Crippen LogP contribution is 2.64.